The predicted molar refractivity (Wildman–Crippen MR) is 177 cm³/mol. The smallest absolute Gasteiger partial charge is 0.252 e. The van der Waals surface area contributed by atoms with Crippen molar-refractivity contribution in [1.82, 2.24) is 5.32 Å². The van der Waals surface area contributed by atoms with E-state index in [4.69, 9.17) is 35.9 Å². The Kier molecular flexibility index (Phi) is 10.8. The van der Waals surface area contributed by atoms with Crippen molar-refractivity contribution in [1.29, 1.82) is 0 Å². The number of azide groups is 1. The maximum Gasteiger partial charge on any atom is 0.252 e. The number of nitrogens with one attached hydrogen (secondary N) is 1. The monoisotopic (exact) mass is 639 g/mol. The average molecular weight is 640 g/mol. The maximum absolute atomic E-state index is 14.5. The van der Waals surface area contributed by atoms with Gasteiger partial charge in [-0.3, -0.25) is 4.79 Å². The Morgan fingerprint density at radius 2 is 1.87 bits per heavy atom. The highest BCUT2D eigenvalue weighted by atomic mass is 35.5. The van der Waals surface area contributed by atoms with E-state index >= 15 is 0 Å². The van der Waals surface area contributed by atoms with Crippen molar-refractivity contribution in [2.45, 2.75) is 30.9 Å². The van der Waals surface area contributed by atoms with Crippen LogP contribution < -0.4 is 14.8 Å². The summed E-state index contributed by atoms with van der Waals surface area (Å²) in [6.07, 6.45) is 0.296. The molecule has 0 aromatic heterocycles. The van der Waals surface area contributed by atoms with Crippen LogP contribution in [-0.2, 0) is 22.4 Å². The van der Waals surface area contributed by atoms with Crippen molar-refractivity contribution in [2.75, 3.05) is 26.9 Å². The number of ether oxygens (including phenoxy) is 3. The Labute approximate surface area is 272 Å². The van der Waals surface area contributed by atoms with Crippen molar-refractivity contribution in [3.8, 4) is 11.5 Å². The first-order valence-corrected chi connectivity index (χ1v) is 15.2. The minimum absolute atomic E-state index is 0.0421. The Bertz CT molecular complexity index is 1740. The topological polar surface area (TPSA) is 138 Å². The molecule has 0 radical (unpaired) electrons. The summed E-state index contributed by atoms with van der Waals surface area (Å²) in [6.45, 7) is 0.753. The first-order chi connectivity index (χ1) is 22.5. The fourth-order valence-corrected chi connectivity index (χ4v) is 5.56. The molecule has 0 unspecified atom stereocenters. The van der Waals surface area contributed by atoms with E-state index in [0.29, 0.717) is 64.9 Å². The number of rotatable bonds is 14. The highest BCUT2D eigenvalue weighted by Crippen LogP contribution is 2.44. The van der Waals surface area contributed by atoms with Crippen LogP contribution in [0.5, 0.6) is 11.5 Å². The second-order valence-corrected chi connectivity index (χ2v) is 11.1. The second kappa shape index (κ2) is 15.3. The minimum Gasteiger partial charge on any atom is -0.497 e. The molecule has 5 rings (SSSR count). The molecule has 10 nitrogen and oxygen atoms in total. The van der Waals surface area contributed by atoms with Crippen LogP contribution in [0.25, 0.3) is 10.4 Å². The molecule has 2 N–H and O–H groups in total. The fraction of sp³-hybridized carbons (Fsp3) is 0.257. The first kappa shape index (κ1) is 32.4. The number of nitrogens with zero attached hydrogens (tertiary/aromatic N) is 4. The Morgan fingerprint density at radius 3 is 2.63 bits per heavy atom. The number of carbonyl (C=O) groups is 1. The van der Waals surface area contributed by atoms with Crippen molar-refractivity contribution in [2.24, 2.45) is 10.1 Å². The van der Waals surface area contributed by atoms with E-state index in [-0.39, 0.29) is 24.8 Å². The van der Waals surface area contributed by atoms with Crippen LogP contribution in [-0.4, -0.2) is 49.3 Å². The molecular formula is C35H34ClN5O5. The SMILES string of the molecule is COc1cccc([C@H]2OC(c3ccc(OCCCO)cc3)=N[C@@]2(Cc2ccccc2N=[N+]=[N-])C(=O)NCCc2cccc(Cl)c2)c1. The predicted octanol–water partition coefficient (Wildman–Crippen LogP) is 6.91. The lowest BCUT2D eigenvalue weighted by Crippen LogP contribution is -2.50. The van der Waals surface area contributed by atoms with Crippen molar-refractivity contribution < 1.29 is 24.1 Å². The van der Waals surface area contributed by atoms with Crippen molar-refractivity contribution in [3.63, 3.8) is 0 Å². The lowest BCUT2D eigenvalue weighted by atomic mass is 9.81. The lowest BCUT2D eigenvalue weighted by Gasteiger charge is -2.31. The van der Waals surface area contributed by atoms with E-state index in [1.54, 1.807) is 37.4 Å². The van der Waals surface area contributed by atoms with Crippen LogP contribution in [0.3, 0.4) is 0 Å². The summed E-state index contributed by atoms with van der Waals surface area (Å²) in [5.41, 5.74) is 11.1. The van der Waals surface area contributed by atoms with Crippen LogP contribution in [0.4, 0.5) is 5.69 Å². The molecule has 11 heteroatoms. The zero-order valence-corrected chi connectivity index (χ0v) is 26.1. The highest BCUT2D eigenvalue weighted by Gasteiger charge is 2.53. The zero-order chi connectivity index (χ0) is 32.4. The summed E-state index contributed by atoms with van der Waals surface area (Å²) < 4.78 is 17.8. The zero-order valence-electron chi connectivity index (χ0n) is 25.3. The summed E-state index contributed by atoms with van der Waals surface area (Å²) in [6, 6.07) is 29.2. The third kappa shape index (κ3) is 7.61. The third-order valence-corrected chi connectivity index (χ3v) is 7.85. The number of methoxy groups -OCH3 is 1. The molecule has 0 saturated carbocycles. The van der Waals surface area contributed by atoms with Gasteiger partial charge in [-0.25, -0.2) is 4.99 Å². The van der Waals surface area contributed by atoms with Crippen LogP contribution in [0.15, 0.2) is 107 Å². The molecule has 1 aliphatic heterocycles. The van der Waals surface area contributed by atoms with Gasteiger partial charge in [-0.1, -0.05) is 65.2 Å². The molecular weight excluding hydrogens is 606 g/mol. The second-order valence-electron chi connectivity index (χ2n) is 10.7. The number of aliphatic imine (C=N–C) groups is 1. The number of aliphatic hydroxyl groups is 1. The van der Waals surface area contributed by atoms with E-state index in [2.05, 4.69) is 15.3 Å². The number of halogens is 1. The van der Waals surface area contributed by atoms with Gasteiger partial charge in [0.2, 0.25) is 5.90 Å². The van der Waals surface area contributed by atoms with Crippen LogP contribution in [0, 0.1) is 0 Å². The molecule has 0 aliphatic carbocycles. The van der Waals surface area contributed by atoms with Gasteiger partial charge in [0.1, 0.15) is 11.5 Å². The number of aliphatic hydroxyl groups excluding tert-OH is 1. The summed E-state index contributed by atoms with van der Waals surface area (Å²) in [7, 11) is 1.58. The van der Waals surface area contributed by atoms with Gasteiger partial charge in [0, 0.05) is 47.2 Å². The number of amides is 1. The van der Waals surface area contributed by atoms with Gasteiger partial charge in [-0.2, -0.15) is 0 Å². The molecule has 0 saturated heterocycles. The lowest BCUT2D eigenvalue weighted by molar-refractivity contribution is -0.128. The van der Waals surface area contributed by atoms with Crippen molar-refractivity contribution >= 4 is 29.1 Å². The third-order valence-electron chi connectivity index (χ3n) is 7.62. The molecule has 4 aromatic carbocycles. The van der Waals surface area contributed by atoms with Crippen LogP contribution >= 0.6 is 11.6 Å². The Morgan fingerprint density at radius 1 is 1.07 bits per heavy atom. The number of hydrogen-bond acceptors (Lipinski definition) is 7. The van der Waals surface area contributed by atoms with Gasteiger partial charge in [-0.15, -0.1) is 0 Å². The molecule has 0 bridgehead atoms. The van der Waals surface area contributed by atoms with Crippen LogP contribution in [0.1, 0.15) is 34.8 Å². The molecule has 0 spiro atoms. The molecule has 2 atom stereocenters. The number of benzene rings is 4. The average Bonchev–Trinajstić information content (AvgIpc) is 3.47. The van der Waals surface area contributed by atoms with Gasteiger partial charge < -0.3 is 24.6 Å². The summed E-state index contributed by atoms with van der Waals surface area (Å²) >= 11 is 6.19. The van der Waals surface area contributed by atoms with Crippen molar-refractivity contribution in [3.05, 3.63) is 135 Å². The normalized spacial score (nSPS) is 16.9. The molecule has 0 fully saturated rings. The van der Waals surface area contributed by atoms with E-state index in [0.717, 1.165) is 5.56 Å². The summed E-state index contributed by atoms with van der Waals surface area (Å²) in [4.78, 5) is 22.6. The maximum atomic E-state index is 14.5. The standard InChI is InChI=1S/C35H34ClN5O5/c1-44-30-11-5-9-26(22-30)32-35(23-27-8-2-3-12-31(27)40-41-37,34(43)38-18-17-24-7-4-10-28(36)21-24)39-33(46-32)25-13-15-29(16-14-25)45-20-6-19-42/h2-5,7-16,21-22,32,42H,6,17-20,23H2,1H3,(H,38,43)/t32-,35-/m1/s1. The van der Waals surface area contributed by atoms with Gasteiger partial charge in [-0.05, 0) is 77.2 Å². The van der Waals surface area contributed by atoms with E-state index in [9.17, 15) is 10.3 Å². The van der Waals surface area contributed by atoms with E-state index in [1.807, 2.05) is 66.7 Å². The molecule has 1 amide bonds. The van der Waals surface area contributed by atoms with Gasteiger partial charge >= 0.3 is 0 Å². The molecule has 236 valence electrons. The quantitative estimate of drug-likeness (QED) is 0.0668. The fourth-order valence-electron chi connectivity index (χ4n) is 5.35. The minimum atomic E-state index is -1.49. The van der Waals surface area contributed by atoms with Gasteiger partial charge in [0.25, 0.3) is 5.91 Å². The van der Waals surface area contributed by atoms with Gasteiger partial charge in [0.05, 0.1) is 13.7 Å². The first-order valence-electron chi connectivity index (χ1n) is 14.9. The summed E-state index contributed by atoms with van der Waals surface area (Å²) in [5.74, 6) is 1.16. The largest absolute Gasteiger partial charge is 0.497 e. The van der Waals surface area contributed by atoms with E-state index in [1.165, 1.54) is 0 Å². The highest BCUT2D eigenvalue weighted by molar-refractivity contribution is 6.30. The molecule has 1 aliphatic rings. The molecule has 4 aromatic rings. The summed E-state index contributed by atoms with van der Waals surface area (Å²) in [5, 5.41) is 16.7. The Balaban J connectivity index is 1.57. The molecule has 1 heterocycles. The van der Waals surface area contributed by atoms with Gasteiger partial charge in [0.15, 0.2) is 11.6 Å². The molecule has 46 heavy (non-hydrogen) atoms. The van der Waals surface area contributed by atoms with E-state index < -0.39 is 11.6 Å². The number of carbonyl (C=O) groups excluding carboxylic acids is 1. The van der Waals surface area contributed by atoms with Crippen LogP contribution in [0.2, 0.25) is 5.02 Å². The number of hydrogen-bond donors (Lipinski definition) is 2. The Hall–Kier alpha value is -5.02.